The number of nitrogens with zero attached hydrogens (tertiary/aromatic N) is 1. The molecule has 0 aromatic heterocycles. The number of nitrogens with two attached hydrogens (primary N) is 1. The van der Waals surface area contributed by atoms with Crippen molar-refractivity contribution in [2.75, 3.05) is 32.1 Å². The molecule has 0 aliphatic carbocycles. The maximum absolute atomic E-state index is 5.99. The van der Waals surface area contributed by atoms with Crippen LogP contribution in [-0.2, 0) is 0 Å². The Kier molecular flexibility index (Phi) is 6.48. The molecular formula is C20H28N2O. The minimum atomic E-state index is 0.385. The van der Waals surface area contributed by atoms with Crippen molar-refractivity contribution in [2.24, 2.45) is 5.73 Å². The molecule has 0 aliphatic rings. The summed E-state index contributed by atoms with van der Waals surface area (Å²) in [6.45, 7) is 3.47. The monoisotopic (exact) mass is 312 g/mol. The second-order valence-electron chi connectivity index (χ2n) is 6.18. The van der Waals surface area contributed by atoms with E-state index in [0.29, 0.717) is 12.5 Å². The molecule has 2 N–H and O–H groups in total. The summed E-state index contributed by atoms with van der Waals surface area (Å²) in [5, 5.41) is 0. The first-order valence-corrected chi connectivity index (χ1v) is 8.27. The second kappa shape index (κ2) is 8.59. The highest BCUT2D eigenvalue weighted by Gasteiger charge is 2.11. The maximum atomic E-state index is 5.99. The highest BCUT2D eigenvalue weighted by molar-refractivity contribution is 5.48. The first kappa shape index (κ1) is 17.4. The Bertz CT molecular complexity index is 610. The van der Waals surface area contributed by atoms with Crippen LogP contribution in [0, 0.1) is 6.92 Å². The van der Waals surface area contributed by atoms with E-state index in [-0.39, 0.29) is 0 Å². The average Bonchev–Trinajstić information content (AvgIpc) is 2.56. The third-order valence-electron chi connectivity index (χ3n) is 4.19. The highest BCUT2D eigenvalue weighted by Crippen LogP contribution is 2.24. The van der Waals surface area contributed by atoms with Crippen molar-refractivity contribution in [3.8, 4) is 5.75 Å². The van der Waals surface area contributed by atoms with Crippen LogP contribution < -0.4 is 15.4 Å². The van der Waals surface area contributed by atoms with Gasteiger partial charge in [0.15, 0.2) is 0 Å². The number of hydrogen-bond donors (Lipinski definition) is 1. The van der Waals surface area contributed by atoms with Crippen molar-refractivity contribution < 1.29 is 4.74 Å². The Balaban J connectivity index is 1.88. The molecule has 1 unspecified atom stereocenters. The highest BCUT2D eigenvalue weighted by atomic mass is 16.5. The van der Waals surface area contributed by atoms with Gasteiger partial charge in [-0.1, -0.05) is 30.3 Å². The van der Waals surface area contributed by atoms with Gasteiger partial charge in [0.2, 0.25) is 0 Å². The van der Waals surface area contributed by atoms with E-state index in [1.54, 1.807) is 0 Å². The summed E-state index contributed by atoms with van der Waals surface area (Å²) in [6, 6.07) is 16.8. The normalized spacial score (nSPS) is 12.0. The predicted octanol–water partition coefficient (Wildman–Crippen LogP) is 3.96. The van der Waals surface area contributed by atoms with Gasteiger partial charge in [0, 0.05) is 19.8 Å². The lowest BCUT2D eigenvalue weighted by atomic mass is 9.94. The molecule has 2 aromatic rings. The van der Waals surface area contributed by atoms with Crippen molar-refractivity contribution in [1.29, 1.82) is 0 Å². The number of benzene rings is 2. The molecule has 0 saturated carbocycles. The van der Waals surface area contributed by atoms with E-state index < -0.39 is 0 Å². The molecule has 2 rings (SSSR count). The lowest BCUT2D eigenvalue weighted by Crippen LogP contribution is -2.15. The van der Waals surface area contributed by atoms with Gasteiger partial charge in [-0.25, -0.2) is 0 Å². The van der Waals surface area contributed by atoms with Crippen molar-refractivity contribution in [3.63, 3.8) is 0 Å². The van der Waals surface area contributed by atoms with Crippen LogP contribution in [0.3, 0.4) is 0 Å². The van der Waals surface area contributed by atoms with Gasteiger partial charge in [-0.2, -0.15) is 0 Å². The zero-order valence-electron chi connectivity index (χ0n) is 14.5. The van der Waals surface area contributed by atoms with Crippen LogP contribution in [0.5, 0.6) is 5.75 Å². The number of aryl methyl sites for hydroxylation is 1. The molecule has 0 saturated heterocycles. The Morgan fingerprint density at radius 2 is 1.87 bits per heavy atom. The standard InChI is InChI=1S/C20H28N2O/c1-16-8-4-5-12-20(16)23-13-7-10-18(15-21)17-9-6-11-19(14-17)22(2)3/h4-6,8-9,11-12,14,18H,7,10,13,15,21H2,1-3H3. The Morgan fingerprint density at radius 1 is 1.09 bits per heavy atom. The molecule has 1 atom stereocenters. The Morgan fingerprint density at radius 3 is 2.57 bits per heavy atom. The zero-order chi connectivity index (χ0) is 16.7. The average molecular weight is 312 g/mol. The first-order chi connectivity index (χ1) is 11.1. The molecule has 0 amide bonds. The molecule has 0 aliphatic heterocycles. The molecule has 0 radical (unpaired) electrons. The second-order valence-corrected chi connectivity index (χ2v) is 6.18. The predicted molar refractivity (Wildman–Crippen MR) is 98.5 cm³/mol. The summed E-state index contributed by atoms with van der Waals surface area (Å²) >= 11 is 0. The summed E-state index contributed by atoms with van der Waals surface area (Å²) in [5.74, 6) is 1.36. The lowest BCUT2D eigenvalue weighted by molar-refractivity contribution is 0.300. The summed E-state index contributed by atoms with van der Waals surface area (Å²) in [6.07, 6.45) is 2.04. The minimum absolute atomic E-state index is 0.385. The quantitative estimate of drug-likeness (QED) is 0.750. The first-order valence-electron chi connectivity index (χ1n) is 8.27. The number of para-hydroxylation sites is 1. The largest absolute Gasteiger partial charge is 0.493 e. The van der Waals surface area contributed by atoms with Crippen LogP contribution in [0.25, 0.3) is 0 Å². The maximum Gasteiger partial charge on any atom is 0.122 e. The number of rotatable bonds is 8. The van der Waals surface area contributed by atoms with Crippen molar-refractivity contribution in [2.45, 2.75) is 25.7 Å². The van der Waals surface area contributed by atoms with Crippen LogP contribution in [0.15, 0.2) is 48.5 Å². The fourth-order valence-corrected chi connectivity index (χ4v) is 2.71. The molecule has 0 heterocycles. The summed E-state index contributed by atoms with van der Waals surface area (Å²) in [4.78, 5) is 2.12. The molecule has 3 heteroatoms. The fraction of sp³-hybridized carbons (Fsp3) is 0.400. The summed E-state index contributed by atoms with van der Waals surface area (Å²) in [7, 11) is 4.12. The van der Waals surface area contributed by atoms with Gasteiger partial charge in [-0.05, 0) is 61.6 Å². The topological polar surface area (TPSA) is 38.5 Å². The van der Waals surface area contributed by atoms with Gasteiger partial charge in [0.1, 0.15) is 5.75 Å². The number of ether oxygens (including phenoxy) is 1. The van der Waals surface area contributed by atoms with Gasteiger partial charge in [-0.15, -0.1) is 0 Å². The molecule has 0 spiro atoms. The van der Waals surface area contributed by atoms with Crippen molar-refractivity contribution in [1.82, 2.24) is 0 Å². The third-order valence-corrected chi connectivity index (χ3v) is 4.19. The van der Waals surface area contributed by atoms with E-state index in [0.717, 1.165) is 25.2 Å². The van der Waals surface area contributed by atoms with E-state index in [4.69, 9.17) is 10.5 Å². The van der Waals surface area contributed by atoms with Crippen molar-refractivity contribution in [3.05, 3.63) is 59.7 Å². The molecule has 23 heavy (non-hydrogen) atoms. The molecule has 0 bridgehead atoms. The van der Waals surface area contributed by atoms with E-state index in [9.17, 15) is 0 Å². The Labute approximate surface area is 140 Å². The van der Waals surface area contributed by atoms with Crippen LogP contribution in [0.4, 0.5) is 5.69 Å². The van der Waals surface area contributed by atoms with Crippen molar-refractivity contribution >= 4 is 5.69 Å². The van der Waals surface area contributed by atoms with Crippen LogP contribution in [0.1, 0.15) is 29.9 Å². The minimum Gasteiger partial charge on any atom is -0.493 e. The molecular weight excluding hydrogens is 284 g/mol. The van der Waals surface area contributed by atoms with E-state index in [2.05, 4.69) is 56.3 Å². The van der Waals surface area contributed by atoms with Gasteiger partial charge >= 0.3 is 0 Å². The molecule has 2 aromatic carbocycles. The SMILES string of the molecule is Cc1ccccc1OCCCC(CN)c1cccc(N(C)C)c1. The van der Waals surface area contributed by atoms with E-state index >= 15 is 0 Å². The van der Waals surface area contributed by atoms with Gasteiger partial charge in [0.25, 0.3) is 0 Å². The smallest absolute Gasteiger partial charge is 0.122 e. The fourth-order valence-electron chi connectivity index (χ4n) is 2.71. The molecule has 0 fully saturated rings. The molecule has 124 valence electrons. The Hall–Kier alpha value is -2.00. The van der Waals surface area contributed by atoms with Crippen LogP contribution in [0.2, 0.25) is 0 Å². The van der Waals surface area contributed by atoms with E-state index in [1.807, 2.05) is 18.2 Å². The number of anilines is 1. The number of hydrogen-bond acceptors (Lipinski definition) is 3. The van der Waals surface area contributed by atoms with E-state index in [1.165, 1.54) is 16.8 Å². The lowest BCUT2D eigenvalue weighted by Gasteiger charge is -2.19. The molecule has 3 nitrogen and oxygen atoms in total. The summed E-state index contributed by atoms with van der Waals surface area (Å²) < 4.78 is 5.88. The van der Waals surface area contributed by atoms with Gasteiger partial charge in [0.05, 0.1) is 6.61 Å². The third kappa shape index (κ3) is 5.00. The van der Waals surface area contributed by atoms with Gasteiger partial charge < -0.3 is 15.4 Å². The summed E-state index contributed by atoms with van der Waals surface area (Å²) in [5.41, 5.74) is 9.71. The van der Waals surface area contributed by atoms with Gasteiger partial charge in [-0.3, -0.25) is 0 Å². The van der Waals surface area contributed by atoms with Crippen LogP contribution in [-0.4, -0.2) is 27.2 Å². The van der Waals surface area contributed by atoms with Crippen LogP contribution >= 0.6 is 0 Å². The zero-order valence-corrected chi connectivity index (χ0v) is 14.5.